The van der Waals surface area contributed by atoms with Gasteiger partial charge in [-0.05, 0) is 85.5 Å². The van der Waals surface area contributed by atoms with Crippen molar-refractivity contribution < 1.29 is 14.3 Å². The van der Waals surface area contributed by atoms with Crippen LogP contribution in [-0.2, 0) is 13.6 Å². The van der Waals surface area contributed by atoms with Crippen molar-refractivity contribution in [3.63, 3.8) is 0 Å². The highest BCUT2D eigenvalue weighted by Gasteiger charge is 2.47. The van der Waals surface area contributed by atoms with Crippen molar-refractivity contribution in [2.75, 3.05) is 20.8 Å². The zero-order valence-corrected chi connectivity index (χ0v) is 26.0. The predicted molar refractivity (Wildman–Crippen MR) is 173 cm³/mol. The molecule has 8 rings (SSSR count). The van der Waals surface area contributed by atoms with Gasteiger partial charge in [-0.3, -0.25) is 4.79 Å². The summed E-state index contributed by atoms with van der Waals surface area (Å²) in [5.74, 6) is 3.26. The molecule has 0 unspecified atom stereocenters. The number of hydrogen-bond acceptors (Lipinski definition) is 5. The summed E-state index contributed by atoms with van der Waals surface area (Å²) in [5.41, 5.74) is 12.8. The van der Waals surface area contributed by atoms with Crippen LogP contribution in [0, 0.1) is 11.8 Å². The Morgan fingerprint density at radius 3 is 2.55 bits per heavy atom. The first-order chi connectivity index (χ1) is 21.3. The zero-order valence-electron chi connectivity index (χ0n) is 25.2. The average Bonchev–Trinajstić information content (AvgIpc) is 3.44. The largest absolute Gasteiger partial charge is 0.497 e. The van der Waals surface area contributed by atoms with Crippen LogP contribution in [0.5, 0.6) is 11.5 Å². The van der Waals surface area contributed by atoms with Crippen molar-refractivity contribution in [2.24, 2.45) is 24.6 Å². The molecule has 1 saturated heterocycles. The fourth-order valence-electron chi connectivity index (χ4n) is 7.49. The number of fused-ring (bicyclic) bond motifs is 4. The summed E-state index contributed by atoms with van der Waals surface area (Å²) in [6.45, 7) is 1.64. The predicted octanol–water partition coefficient (Wildman–Crippen LogP) is 6.50. The van der Waals surface area contributed by atoms with Crippen molar-refractivity contribution in [3.8, 4) is 34.1 Å². The highest BCUT2D eigenvalue weighted by atomic mass is 35.5. The van der Waals surface area contributed by atoms with Gasteiger partial charge in [0.2, 0.25) is 0 Å². The Bertz CT molecular complexity index is 1960. The fraction of sp³-hybridized carbons (Fsp3) is 0.371. The van der Waals surface area contributed by atoms with Crippen molar-refractivity contribution in [1.29, 1.82) is 0 Å². The van der Waals surface area contributed by atoms with Crippen LogP contribution in [0.4, 0.5) is 0 Å². The van der Waals surface area contributed by atoms with Gasteiger partial charge in [0.25, 0.3) is 5.91 Å². The highest BCUT2D eigenvalue weighted by molar-refractivity contribution is 6.33. The molecular formula is C35H36ClN5O3. The summed E-state index contributed by atoms with van der Waals surface area (Å²) in [5, 5.41) is 1.80. The van der Waals surface area contributed by atoms with Crippen LogP contribution in [0.1, 0.15) is 36.0 Å². The summed E-state index contributed by atoms with van der Waals surface area (Å²) < 4.78 is 15.7. The number of amides is 1. The Morgan fingerprint density at radius 1 is 1.02 bits per heavy atom. The summed E-state index contributed by atoms with van der Waals surface area (Å²) in [4.78, 5) is 20.8. The topological polar surface area (TPSA) is 87.5 Å². The first-order valence-corrected chi connectivity index (χ1v) is 15.8. The number of halogens is 1. The lowest BCUT2D eigenvalue weighted by Crippen LogP contribution is -2.41. The minimum absolute atomic E-state index is 0.00706. The number of benzene rings is 3. The molecule has 2 saturated carbocycles. The van der Waals surface area contributed by atoms with E-state index in [0.717, 1.165) is 76.3 Å². The van der Waals surface area contributed by atoms with Crippen molar-refractivity contribution in [1.82, 2.24) is 19.0 Å². The maximum Gasteiger partial charge on any atom is 0.254 e. The maximum atomic E-state index is 13.7. The van der Waals surface area contributed by atoms with Crippen LogP contribution >= 0.6 is 11.6 Å². The lowest BCUT2D eigenvalue weighted by atomic mass is 10.0. The van der Waals surface area contributed by atoms with Gasteiger partial charge in [0.15, 0.2) is 5.82 Å². The standard InChI is InChI=1S/C35H36ClN5O3/c1-39-33-27(12-23(15-31(33)44-3)35(42)41-18-22-8-11-28(41)32(22)37)38-34(39)30-14-21-7-6-20(13-29(21)40(30)17-19-4-5-19)25-10-9-24(43-2)16-26(25)36/h6-7,9-10,12-16,19,22,28,32H,4-5,8,11,17-18,37H2,1-3H3/t22-,28-,32-/m1/s1. The van der Waals surface area contributed by atoms with E-state index in [-0.39, 0.29) is 18.0 Å². The van der Waals surface area contributed by atoms with E-state index in [2.05, 4.69) is 33.4 Å². The third-order valence-electron chi connectivity index (χ3n) is 10.1. The molecule has 2 bridgehead atoms. The van der Waals surface area contributed by atoms with E-state index in [4.69, 9.17) is 31.8 Å². The number of methoxy groups -OCH3 is 2. The SMILES string of the molecule is COc1ccc(-c2ccc3cc(-c4nc5cc(C(=O)N6C[C@H]7CC[C@@H]6[C@@H]7N)cc(OC)c5n4C)n(CC4CC4)c3c2)c(Cl)c1. The minimum Gasteiger partial charge on any atom is -0.497 e. The molecular weight excluding hydrogens is 574 g/mol. The number of ether oxygens (including phenoxy) is 2. The Kier molecular flexibility index (Phi) is 6.43. The first kappa shape index (κ1) is 27.5. The molecule has 3 aliphatic rings. The molecule has 3 atom stereocenters. The monoisotopic (exact) mass is 609 g/mol. The molecule has 5 aromatic rings. The van der Waals surface area contributed by atoms with E-state index >= 15 is 0 Å². The van der Waals surface area contributed by atoms with Gasteiger partial charge in [0.1, 0.15) is 17.0 Å². The molecule has 1 amide bonds. The van der Waals surface area contributed by atoms with Crippen molar-refractivity contribution in [2.45, 2.75) is 44.3 Å². The zero-order chi connectivity index (χ0) is 30.3. The normalized spacial score (nSPS) is 21.1. The van der Waals surface area contributed by atoms with Crippen LogP contribution < -0.4 is 15.2 Å². The van der Waals surface area contributed by atoms with E-state index < -0.39 is 0 Å². The van der Waals surface area contributed by atoms with Crippen LogP contribution in [0.3, 0.4) is 0 Å². The second-order valence-electron chi connectivity index (χ2n) is 12.7. The number of likely N-dealkylation sites (tertiary alicyclic amines) is 1. The van der Waals surface area contributed by atoms with Crippen LogP contribution in [0.15, 0.2) is 54.6 Å². The summed E-state index contributed by atoms with van der Waals surface area (Å²) in [7, 11) is 5.32. The van der Waals surface area contributed by atoms with Gasteiger partial charge in [0, 0.05) is 54.3 Å². The molecule has 2 N–H and O–H groups in total. The molecule has 2 aromatic heterocycles. The first-order valence-electron chi connectivity index (χ1n) is 15.4. The third kappa shape index (κ3) is 4.30. The Balaban J connectivity index is 1.24. The summed E-state index contributed by atoms with van der Waals surface area (Å²) >= 11 is 6.68. The number of rotatable bonds is 7. The number of piperidine rings is 1. The van der Waals surface area contributed by atoms with Crippen molar-refractivity contribution in [3.05, 3.63) is 65.2 Å². The quantitative estimate of drug-likeness (QED) is 0.227. The number of aryl methyl sites for hydroxylation is 1. The van der Waals surface area contributed by atoms with E-state index in [1.807, 2.05) is 42.3 Å². The molecule has 8 nitrogen and oxygen atoms in total. The second kappa shape index (κ2) is 10.3. The number of carbonyl (C=O) groups excluding carboxylic acids is 1. The number of nitrogens with zero attached hydrogens (tertiary/aromatic N) is 4. The van der Waals surface area contributed by atoms with Gasteiger partial charge in [-0.15, -0.1) is 0 Å². The molecule has 226 valence electrons. The Morgan fingerprint density at radius 2 is 1.86 bits per heavy atom. The molecule has 9 heteroatoms. The van der Waals surface area contributed by atoms with E-state index in [1.165, 1.54) is 12.8 Å². The highest BCUT2D eigenvalue weighted by Crippen LogP contribution is 2.41. The smallest absolute Gasteiger partial charge is 0.254 e. The van der Waals surface area contributed by atoms with Crippen LogP contribution in [0.25, 0.3) is 44.6 Å². The number of aromatic nitrogens is 3. The van der Waals surface area contributed by atoms with Gasteiger partial charge in [-0.1, -0.05) is 23.7 Å². The molecule has 3 fully saturated rings. The summed E-state index contributed by atoms with van der Waals surface area (Å²) in [6.07, 6.45) is 4.54. The van der Waals surface area contributed by atoms with Gasteiger partial charge in [0.05, 0.1) is 30.5 Å². The number of carbonyl (C=O) groups is 1. The van der Waals surface area contributed by atoms with Crippen LogP contribution in [0.2, 0.25) is 5.02 Å². The Hall–Kier alpha value is -4.01. The summed E-state index contributed by atoms with van der Waals surface area (Å²) in [6, 6.07) is 18.5. The van der Waals surface area contributed by atoms with Gasteiger partial charge in [-0.2, -0.15) is 0 Å². The average molecular weight is 610 g/mol. The number of hydrogen-bond donors (Lipinski definition) is 1. The molecule has 3 aromatic carbocycles. The lowest BCUT2D eigenvalue weighted by molar-refractivity contribution is 0.0700. The Labute approximate surface area is 261 Å². The molecule has 1 aliphatic heterocycles. The maximum absolute atomic E-state index is 13.7. The number of nitrogens with two attached hydrogens (primary N) is 1. The van der Waals surface area contributed by atoms with Gasteiger partial charge >= 0.3 is 0 Å². The lowest BCUT2D eigenvalue weighted by Gasteiger charge is -2.27. The fourth-order valence-corrected chi connectivity index (χ4v) is 7.77. The molecule has 44 heavy (non-hydrogen) atoms. The molecule has 0 spiro atoms. The second-order valence-corrected chi connectivity index (χ2v) is 13.1. The van der Waals surface area contributed by atoms with Crippen LogP contribution in [-0.4, -0.2) is 57.8 Å². The van der Waals surface area contributed by atoms with E-state index in [0.29, 0.717) is 28.2 Å². The van der Waals surface area contributed by atoms with Crippen molar-refractivity contribution >= 4 is 39.4 Å². The van der Waals surface area contributed by atoms with Gasteiger partial charge in [-0.25, -0.2) is 4.98 Å². The molecule has 0 radical (unpaired) electrons. The van der Waals surface area contributed by atoms with E-state index in [9.17, 15) is 4.79 Å². The molecule has 2 aliphatic carbocycles. The van der Waals surface area contributed by atoms with E-state index in [1.54, 1.807) is 14.2 Å². The minimum atomic E-state index is 0.00706. The van der Waals surface area contributed by atoms with Gasteiger partial charge < -0.3 is 29.2 Å². The molecule has 3 heterocycles. The number of imidazole rings is 1. The third-order valence-corrected chi connectivity index (χ3v) is 10.4.